The monoisotopic (exact) mass is 216 g/mol. The van der Waals surface area contributed by atoms with Crippen LogP contribution in [0.4, 0.5) is 4.39 Å². The summed E-state index contributed by atoms with van der Waals surface area (Å²) in [7, 11) is 0. The lowest BCUT2D eigenvalue weighted by Gasteiger charge is -2.12. The number of carbonyl (C=O) groups excluding carboxylic acids is 1. The molecule has 5 heteroatoms. The number of pyridine rings is 1. The van der Waals surface area contributed by atoms with Gasteiger partial charge in [0.15, 0.2) is 0 Å². The predicted molar refractivity (Wildman–Crippen MR) is 51.5 cm³/mol. The SMILES string of the molecule is C[C@H](NC(=O)CCl)c1ncccc1F. The van der Waals surface area contributed by atoms with Gasteiger partial charge in [-0.3, -0.25) is 9.78 Å². The average molecular weight is 217 g/mol. The van der Waals surface area contributed by atoms with Gasteiger partial charge in [-0.05, 0) is 19.1 Å². The van der Waals surface area contributed by atoms with Crippen LogP contribution in [-0.2, 0) is 4.79 Å². The van der Waals surface area contributed by atoms with Gasteiger partial charge in [0.2, 0.25) is 5.91 Å². The van der Waals surface area contributed by atoms with Crippen molar-refractivity contribution in [3.63, 3.8) is 0 Å². The lowest BCUT2D eigenvalue weighted by Crippen LogP contribution is -2.28. The third kappa shape index (κ3) is 2.67. The van der Waals surface area contributed by atoms with Crippen molar-refractivity contribution in [3.05, 3.63) is 29.8 Å². The normalized spacial score (nSPS) is 12.2. The number of hydrogen-bond acceptors (Lipinski definition) is 2. The van der Waals surface area contributed by atoms with E-state index in [1.54, 1.807) is 6.92 Å². The van der Waals surface area contributed by atoms with Crippen molar-refractivity contribution >= 4 is 17.5 Å². The first-order valence-corrected chi connectivity index (χ1v) is 4.64. The Hall–Kier alpha value is -1.16. The second-order valence-electron chi connectivity index (χ2n) is 2.79. The minimum Gasteiger partial charge on any atom is -0.347 e. The number of nitrogens with one attached hydrogen (secondary N) is 1. The summed E-state index contributed by atoms with van der Waals surface area (Å²) < 4.78 is 13.1. The minimum atomic E-state index is -0.470. The van der Waals surface area contributed by atoms with Crippen LogP contribution in [0.5, 0.6) is 0 Å². The Balaban J connectivity index is 2.74. The molecule has 1 rings (SSSR count). The highest BCUT2D eigenvalue weighted by Gasteiger charge is 2.13. The molecule has 0 saturated heterocycles. The fourth-order valence-corrected chi connectivity index (χ4v) is 1.14. The highest BCUT2D eigenvalue weighted by molar-refractivity contribution is 6.27. The molecule has 0 aliphatic rings. The predicted octanol–water partition coefficient (Wildman–Crippen LogP) is 1.64. The van der Waals surface area contributed by atoms with E-state index in [4.69, 9.17) is 11.6 Å². The van der Waals surface area contributed by atoms with E-state index in [1.165, 1.54) is 18.3 Å². The molecule has 0 aromatic carbocycles. The van der Waals surface area contributed by atoms with Crippen LogP contribution in [0.1, 0.15) is 18.7 Å². The van der Waals surface area contributed by atoms with Gasteiger partial charge >= 0.3 is 0 Å². The Morgan fingerprint density at radius 2 is 2.50 bits per heavy atom. The molecule has 1 aromatic heterocycles. The van der Waals surface area contributed by atoms with Crippen molar-refractivity contribution in [2.45, 2.75) is 13.0 Å². The van der Waals surface area contributed by atoms with Gasteiger partial charge in [0.25, 0.3) is 0 Å². The van der Waals surface area contributed by atoms with Crippen molar-refractivity contribution in [3.8, 4) is 0 Å². The van der Waals surface area contributed by atoms with Crippen LogP contribution >= 0.6 is 11.6 Å². The van der Waals surface area contributed by atoms with Crippen LogP contribution in [0.3, 0.4) is 0 Å². The molecule has 0 aliphatic carbocycles. The second kappa shape index (κ2) is 4.91. The summed E-state index contributed by atoms with van der Waals surface area (Å²) >= 11 is 5.30. The number of hydrogen-bond donors (Lipinski definition) is 1. The molecule has 1 heterocycles. The standard InChI is InChI=1S/C9H10ClFN2O/c1-6(13-8(14)5-10)9-7(11)3-2-4-12-9/h2-4,6H,5H2,1H3,(H,13,14)/t6-/m0/s1. The third-order valence-corrected chi connectivity index (χ3v) is 1.94. The molecule has 1 aromatic rings. The van der Waals surface area contributed by atoms with Gasteiger partial charge in [-0.25, -0.2) is 4.39 Å². The number of rotatable bonds is 3. The van der Waals surface area contributed by atoms with E-state index in [1.807, 2.05) is 0 Å². The summed E-state index contributed by atoms with van der Waals surface area (Å²) in [5.41, 5.74) is 0.214. The molecule has 0 unspecified atom stereocenters. The first kappa shape index (κ1) is 10.9. The molecular formula is C9H10ClFN2O. The highest BCUT2D eigenvalue weighted by atomic mass is 35.5. The molecule has 76 valence electrons. The Kier molecular flexibility index (Phi) is 3.83. The Bertz CT molecular complexity index is 332. The Labute approximate surface area is 86.3 Å². The summed E-state index contributed by atoms with van der Waals surface area (Å²) in [5, 5.41) is 2.51. The van der Waals surface area contributed by atoms with E-state index in [2.05, 4.69) is 10.3 Å². The van der Waals surface area contributed by atoms with Gasteiger partial charge in [0.1, 0.15) is 11.7 Å². The molecule has 0 aliphatic heterocycles. The number of amides is 1. The molecule has 0 bridgehead atoms. The molecule has 14 heavy (non-hydrogen) atoms. The quantitative estimate of drug-likeness (QED) is 0.781. The van der Waals surface area contributed by atoms with Crippen molar-refractivity contribution in [2.75, 3.05) is 5.88 Å². The van der Waals surface area contributed by atoms with Crippen LogP contribution in [0.25, 0.3) is 0 Å². The molecule has 0 radical (unpaired) electrons. The smallest absolute Gasteiger partial charge is 0.235 e. The fraction of sp³-hybridized carbons (Fsp3) is 0.333. The zero-order chi connectivity index (χ0) is 10.6. The third-order valence-electron chi connectivity index (χ3n) is 1.70. The van der Waals surface area contributed by atoms with Crippen molar-refractivity contribution < 1.29 is 9.18 Å². The lowest BCUT2D eigenvalue weighted by molar-refractivity contribution is -0.119. The maximum atomic E-state index is 13.1. The van der Waals surface area contributed by atoms with Crippen molar-refractivity contribution in [2.24, 2.45) is 0 Å². The van der Waals surface area contributed by atoms with Crippen LogP contribution < -0.4 is 5.32 Å². The van der Waals surface area contributed by atoms with E-state index in [9.17, 15) is 9.18 Å². The summed E-state index contributed by atoms with van der Waals surface area (Å²) in [4.78, 5) is 14.7. The molecule has 0 spiro atoms. The highest BCUT2D eigenvalue weighted by Crippen LogP contribution is 2.12. The molecule has 1 amide bonds. The number of aromatic nitrogens is 1. The fourth-order valence-electron chi connectivity index (χ4n) is 1.06. The topological polar surface area (TPSA) is 42.0 Å². The van der Waals surface area contributed by atoms with Gasteiger partial charge in [-0.2, -0.15) is 0 Å². The second-order valence-corrected chi connectivity index (χ2v) is 3.06. The largest absolute Gasteiger partial charge is 0.347 e. The molecule has 1 N–H and O–H groups in total. The maximum Gasteiger partial charge on any atom is 0.235 e. The summed E-state index contributed by atoms with van der Waals surface area (Å²) in [5.74, 6) is -0.919. The van der Waals surface area contributed by atoms with Crippen molar-refractivity contribution in [1.82, 2.24) is 10.3 Å². The molecule has 0 saturated carbocycles. The van der Waals surface area contributed by atoms with E-state index in [-0.39, 0.29) is 17.5 Å². The van der Waals surface area contributed by atoms with Crippen LogP contribution in [0.15, 0.2) is 18.3 Å². The number of alkyl halides is 1. The van der Waals surface area contributed by atoms with E-state index < -0.39 is 11.9 Å². The van der Waals surface area contributed by atoms with Crippen molar-refractivity contribution in [1.29, 1.82) is 0 Å². The van der Waals surface area contributed by atoms with Gasteiger partial charge in [0, 0.05) is 6.20 Å². The van der Waals surface area contributed by atoms with Crippen LogP contribution in [0, 0.1) is 5.82 Å². The summed E-state index contributed by atoms with van der Waals surface area (Å²) in [6.07, 6.45) is 1.47. The zero-order valence-electron chi connectivity index (χ0n) is 7.63. The summed E-state index contributed by atoms with van der Waals surface area (Å²) in [6, 6.07) is 2.32. The first-order valence-electron chi connectivity index (χ1n) is 4.11. The van der Waals surface area contributed by atoms with E-state index in [0.29, 0.717) is 0 Å². The van der Waals surface area contributed by atoms with Crippen LogP contribution in [0.2, 0.25) is 0 Å². The van der Waals surface area contributed by atoms with Crippen LogP contribution in [-0.4, -0.2) is 16.8 Å². The van der Waals surface area contributed by atoms with E-state index in [0.717, 1.165) is 0 Å². The average Bonchev–Trinajstić information content (AvgIpc) is 2.18. The molecule has 1 atom stereocenters. The minimum absolute atomic E-state index is 0.140. The molecular weight excluding hydrogens is 207 g/mol. The summed E-state index contributed by atoms with van der Waals surface area (Å²) in [6.45, 7) is 1.65. The van der Waals surface area contributed by atoms with E-state index >= 15 is 0 Å². The Morgan fingerprint density at radius 1 is 1.79 bits per heavy atom. The van der Waals surface area contributed by atoms with Gasteiger partial charge < -0.3 is 5.32 Å². The molecule has 0 fully saturated rings. The molecule has 3 nitrogen and oxygen atoms in total. The number of nitrogens with zero attached hydrogens (tertiary/aromatic N) is 1. The van der Waals surface area contributed by atoms with Gasteiger partial charge in [-0.1, -0.05) is 0 Å². The van der Waals surface area contributed by atoms with Gasteiger partial charge in [0.05, 0.1) is 11.7 Å². The first-order chi connectivity index (χ1) is 6.65. The lowest BCUT2D eigenvalue weighted by atomic mass is 10.2. The van der Waals surface area contributed by atoms with Gasteiger partial charge in [-0.15, -0.1) is 11.6 Å². The number of halogens is 2. The number of carbonyl (C=O) groups is 1. The zero-order valence-corrected chi connectivity index (χ0v) is 8.38. The Morgan fingerprint density at radius 3 is 3.07 bits per heavy atom. The maximum absolute atomic E-state index is 13.1.